The van der Waals surface area contributed by atoms with Crippen molar-refractivity contribution in [2.75, 3.05) is 6.61 Å². The summed E-state index contributed by atoms with van der Waals surface area (Å²) in [6.07, 6.45) is 5.99. The van der Waals surface area contributed by atoms with Crippen LogP contribution in [0.15, 0.2) is 0 Å². The zero-order valence-electron chi connectivity index (χ0n) is 17.7. The molecule has 1 heterocycles. The summed E-state index contributed by atoms with van der Waals surface area (Å²) in [5.74, 6) is -0.306. The number of ether oxygens (including phenoxy) is 1. The molecule has 28 heavy (non-hydrogen) atoms. The van der Waals surface area contributed by atoms with Crippen LogP contribution >= 0.6 is 0 Å². The number of aromatic nitrogens is 1. The SMILES string of the molecule is CCOC(=O)c1c(C)c(C(=O)C(C)N(C(=O)C2CCCC2)C2CC2)c(C)n1C. The number of ketones is 1. The molecule has 2 saturated carbocycles. The Hall–Kier alpha value is -2.11. The van der Waals surface area contributed by atoms with Gasteiger partial charge in [0.2, 0.25) is 5.91 Å². The zero-order chi connectivity index (χ0) is 20.6. The fourth-order valence-electron chi connectivity index (χ4n) is 4.59. The minimum Gasteiger partial charge on any atom is -0.461 e. The highest BCUT2D eigenvalue weighted by atomic mass is 16.5. The quantitative estimate of drug-likeness (QED) is 0.529. The third-order valence-electron chi connectivity index (χ3n) is 6.34. The first-order chi connectivity index (χ1) is 13.3. The van der Waals surface area contributed by atoms with Crippen LogP contribution in [0.25, 0.3) is 0 Å². The fourth-order valence-corrected chi connectivity index (χ4v) is 4.59. The van der Waals surface area contributed by atoms with Crippen LogP contribution in [0, 0.1) is 19.8 Å². The van der Waals surface area contributed by atoms with Crippen LogP contribution in [0.2, 0.25) is 0 Å². The van der Waals surface area contributed by atoms with E-state index in [1.165, 1.54) is 0 Å². The molecular formula is C22H32N2O4. The number of Topliss-reactive ketones (excluding diaryl/α,β-unsaturated/α-hetero) is 1. The molecule has 1 unspecified atom stereocenters. The van der Waals surface area contributed by atoms with Crippen LogP contribution in [-0.4, -0.2) is 45.8 Å². The highest BCUT2D eigenvalue weighted by molar-refractivity contribution is 6.06. The molecule has 0 N–H and O–H groups in total. The summed E-state index contributed by atoms with van der Waals surface area (Å²) in [6.45, 7) is 7.52. The second-order valence-electron chi connectivity index (χ2n) is 8.21. The van der Waals surface area contributed by atoms with E-state index in [4.69, 9.17) is 4.74 Å². The van der Waals surface area contributed by atoms with Gasteiger partial charge in [0.15, 0.2) is 5.78 Å². The lowest BCUT2D eigenvalue weighted by atomic mass is 9.98. The first-order valence-electron chi connectivity index (χ1n) is 10.5. The van der Waals surface area contributed by atoms with Gasteiger partial charge in [-0.05, 0) is 58.9 Å². The summed E-state index contributed by atoms with van der Waals surface area (Å²) >= 11 is 0. The molecule has 3 rings (SSSR count). The molecule has 154 valence electrons. The molecule has 0 aliphatic heterocycles. The maximum atomic E-state index is 13.5. The third kappa shape index (κ3) is 3.61. The smallest absolute Gasteiger partial charge is 0.355 e. The Balaban J connectivity index is 1.91. The van der Waals surface area contributed by atoms with Gasteiger partial charge in [-0.25, -0.2) is 4.79 Å². The van der Waals surface area contributed by atoms with Gasteiger partial charge in [-0.15, -0.1) is 0 Å². The number of esters is 1. The van der Waals surface area contributed by atoms with E-state index in [0.29, 0.717) is 16.8 Å². The normalized spacial score (nSPS) is 18.2. The van der Waals surface area contributed by atoms with Crippen molar-refractivity contribution >= 4 is 17.7 Å². The summed E-state index contributed by atoms with van der Waals surface area (Å²) in [4.78, 5) is 40.8. The lowest BCUT2D eigenvalue weighted by Gasteiger charge is -2.31. The Labute approximate surface area is 167 Å². The van der Waals surface area contributed by atoms with E-state index in [-0.39, 0.29) is 30.3 Å². The number of nitrogens with zero attached hydrogens (tertiary/aromatic N) is 2. The first kappa shape index (κ1) is 20.6. The third-order valence-corrected chi connectivity index (χ3v) is 6.34. The average Bonchev–Trinajstić information content (AvgIpc) is 3.26. The number of carbonyl (C=O) groups is 3. The van der Waals surface area contributed by atoms with Gasteiger partial charge < -0.3 is 14.2 Å². The minimum absolute atomic E-state index is 0.0592. The van der Waals surface area contributed by atoms with E-state index < -0.39 is 12.0 Å². The first-order valence-corrected chi connectivity index (χ1v) is 10.5. The Morgan fingerprint density at radius 2 is 1.75 bits per heavy atom. The van der Waals surface area contributed by atoms with Gasteiger partial charge in [-0.1, -0.05) is 12.8 Å². The van der Waals surface area contributed by atoms with Crippen LogP contribution in [0.4, 0.5) is 0 Å². The molecule has 2 aliphatic carbocycles. The van der Waals surface area contributed by atoms with Crippen LogP contribution in [0.3, 0.4) is 0 Å². The Morgan fingerprint density at radius 3 is 2.29 bits per heavy atom. The highest BCUT2D eigenvalue weighted by Gasteiger charge is 2.42. The maximum absolute atomic E-state index is 13.5. The molecular weight excluding hydrogens is 356 g/mol. The van der Waals surface area contributed by atoms with E-state index in [0.717, 1.165) is 44.2 Å². The van der Waals surface area contributed by atoms with Crippen molar-refractivity contribution in [2.45, 2.75) is 78.3 Å². The van der Waals surface area contributed by atoms with E-state index in [1.807, 2.05) is 18.7 Å². The Kier molecular flexibility index (Phi) is 5.96. The van der Waals surface area contributed by atoms with Crippen LogP contribution in [-0.2, 0) is 16.6 Å². The van der Waals surface area contributed by atoms with Crippen LogP contribution in [0.1, 0.15) is 84.5 Å². The molecule has 0 radical (unpaired) electrons. The number of amides is 1. The van der Waals surface area contributed by atoms with Crippen molar-refractivity contribution in [3.05, 3.63) is 22.5 Å². The summed E-state index contributed by atoms with van der Waals surface area (Å²) in [5, 5.41) is 0. The molecule has 2 aliphatic rings. The molecule has 1 atom stereocenters. The summed E-state index contributed by atoms with van der Waals surface area (Å²) in [6, 6.07) is -0.337. The van der Waals surface area contributed by atoms with Gasteiger partial charge in [0, 0.05) is 30.3 Å². The van der Waals surface area contributed by atoms with Crippen molar-refractivity contribution < 1.29 is 19.1 Å². The van der Waals surface area contributed by atoms with Crippen molar-refractivity contribution in [1.82, 2.24) is 9.47 Å². The van der Waals surface area contributed by atoms with Gasteiger partial charge in [0.25, 0.3) is 0 Å². The van der Waals surface area contributed by atoms with Gasteiger partial charge in [0.1, 0.15) is 5.69 Å². The van der Waals surface area contributed by atoms with Crippen LogP contribution < -0.4 is 0 Å². The summed E-state index contributed by atoms with van der Waals surface area (Å²) in [5.41, 5.74) is 2.33. The molecule has 1 aromatic heterocycles. The molecule has 1 aromatic rings. The lowest BCUT2D eigenvalue weighted by Crippen LogP contribution is -2.47. The molecule has 0 spiro atoms. The summed E-state index contributed by atoms with van der Waals surface area (Å²) < 4.78 is 6.89. The van der Waals surface area contributed by atoms with Gasteiger partial charge in [0.05, 0.1) is 12.6 Å². The van der Waals surface area contributed by atoms with Crippen LogP contribution in [0.5, 0.6) is 0 Å². The summed E-state index contributed by atoms with van der Waals surface area (Å²) in [7, 11) is 1.78. The van der Waals surface area contributed by atoms with Crippen molar-refractivity contribution in [2.24, 2.45) is 13.0 Å². The van der Waals surface area contributed by atoms with E-state index in [1.54, 1.807) is 25.5 Å². The van der Waals surface area contributed by atoms with Crippen molar-refractivity contribution in [3.8, 4) is 0 Å². The second-order valence-corrected chi connectivity index (χ2v) is 8.21. The van der Waals surface area contributed by atoms with Crippen molar-refractivity contribution in [1.29, 1.82) is 0 Å². The maximum Gasteiger partial charge on any atom is 0.355 e. The van der Waals surface area contributed by atoms with Crippen molar-refractivity contribution in [3.63, 3.8) is 0 Å². The molecule has 6 heteroatoms. The standard InChI is InChI=1S/C22H32N2O4/c1-6-28-22(27)19-13(2)18(14(3)23(19)5)20(25)15(4)24(17-11-12-17)21(26)16-9-7-8-10-16/h15-17H,6-12H2,1-5H3. The Morgan fingerprint density at radius 1 is 1.14 bits per heavy atom. The number of rotatable bonds is 7. The fraction of sp³-hybridized carbons (Fsp3) is 0.682. The number of hydrogen-bond acceptors (Lipinski definition) is 4. The average molecular weight is 389 g/mol. The monoisotopic (exact) mass is 388 g/mol. The molecule has 1 amide bonds. The number of hydrogen-bond donors (Lipinski definition) is 0. The Bertz CT molecular complexity index is 785. The highest BCUT2D eigenvalue weighted by Crippen LogP contribution is 2.35. The van der Waals surface area contributed by atoms with Gasteiger partial charge >= 0.3 is 5.97 Å². The largest absolute Gasteiger partial charge is 0.461 e. The van der Waals surface area contributed by atoms with Gasteiger partial charge in [-0.2, -0.15) is 0 Å². The molecule has 0 saturated heterocycles. The van der Waals surface area contributed by atoms with E-state index in [2.05, 4.69) is 0 Å². The molecule has 0 aromatic carbocycles. The predicted molar refractivity (Wildman–Crippen MR) is 106 cm³/mol. The topological polar surface area (TPSA) is 68.6 Å². The second kappa shape index (κ2) is 8.10. The number of carbonyl (C=O) groups excluding carboxylic acids is 3. The predicted octanol–water partition coefficient (Wildman–Crippen LogP) is 3.57. The molecule has 0 bridgehead atoms. The molecule has 6 nitrogen and oxygen atoms in total. The van der Waals surface area contributed by atoms with E-state index >= 15 is 0 Å². The zero-order valence-corrected chi connectivity index (χ0v) is 17.7. The lowest BCUT2D eigenvalue weighted by molar-refractivity contribution is -0.137. The van der Waals surface area contributed by atoms with Gasteiger partial charge in [-0.3, -0.25) is 9.59 Å². The van der Waals surface area contributed by atoms with E-state index in [9.17, 15) is 14.4 Å². The minimum atomic E-state index is -0.518. The molecule has 2 fully saturated rings.